The van der Waals surface area contributed by atoms with Gasteiger partial charge in [-0.1, -0.05) is 15.9 Å². The molecule has 0 unspecified atom stereocenters. The summed E-state index contributed by atoms with van der Waals surface area (Å²) in [6.45, 7) is 8.08. The number of halogens is 1. The van der Waals surface area contributed by atoms with E-state index in [-0.39, 0.29) is 0 Å². The van der Waals surface area contributed by atoms with E-state index in [9.17, 15) is 0 Å². The standard InChI is InChI=1S/C10H23BrN2/c1-10(2)13(9-6-11)8-5-7-12(3)4/h10H,5-9H2,1-4H3. The first-order valence-electron chi connectivity index (χ1n) is 5.02. The predicted octanol–water partition coefficient (Wildman–Crippen LogP) is 2.04. The van der Waals surface area contributed by atoms with Gasteiger partial charge in [-0.3, -0.25) is 0 Å². The van der Waals surface area contributed by atoms with Gasteiger partial charge in [0.15, 0.2) is 0 Å². The summed E-state index contributed by atoms with van der Waals surface area (Å²) in [7, 11) is 4.26. The lowest BCUT2D eigenvalue weighted by atomic mass is 10.3. The maximum atomic E-state index is 3.49. The number of hydrogen-bond acceptors (Lipinski definition) is 2. The molecule has 0 saturated heterocycles. The monoisotopic (exact) mass is 250 g/mol. The van der Waals surface area contributed by atoms with Crippen molar-refractivity contribution in [3.8, 4) is 0 Å². The van der Waals surface area contributed by atoms with Crippen LogP contribution < -0.4 is 0 Å². The van der Waals surface area contributed by atoms with Crippen LogP contribution in [-0.2, 0) is 0 Å². The van der Waals surface area contributed by atoms with Gasteiger partial charge in [-0.15, -0.1) is 0 Å². The van der Waals surface area contributed by atoms with Crippen LogP contribution in [0.2, 0.25) is 0 Å². The number of nitrogens with zero attached hydrogens (tertiary/aromatic N) is 2. The van der Waals surface area contributed by atoms with E-state index >= 15 is 0 Å². The highest BCUT2D eigenvalue weighted by Crippen LogP contribution is 2.01. The van der Waals surface area contributed by atoms with Gasteiger partial charge >= 0.3 is 0 Å². The third-order valence-electron chi connectivity index (χ3n) is 2.15. The summed E-state index contributed by atoms with van der Waals surface area (Å²) in [5.74, 6) is 0. The van der Waals surface area contributed by atoms with Crippen LogP contribution in [0.4, 0.5) is 0 Å². The quantitative estimate of drug-likeness (QED) is 0.639. The van der Waals surface area contributed by atoms with E-state index in [1.54, 1.807) is 0 Å². The van der Waals surface area contributed by atoms with Crippen LogP contribution in [0.1, 0.15) is 20.3 Å². The third-order valence-corrected chi connectivity index (χ3v) is 2.51. The highest BCUT2D eigenvalue weighted by Gasteiger charge is 2.07. The molecule has 0 aromatic rings. The topological polar surface area (TPSA) is 6.48 Å². The first kappa shape index (κ1) is 13.4. The second-order valence-electron chi connectivity index (χ2n) is 3.98. The molecular formula is C10H23BrN2. The van der Waals surface area contributed by atoms with Gasteiger partial charge in [-0.2, -0.15) is 0 Å². The molecule has 13 heavy (non-hydrogen) atoms. The molecule has 0 N–H and O–H groups in total. The Labute approximate surface area is 91.4 Å². The SMILES string of the molecule is CC(C)N(CCBr)CCCN(C)C. The summed E-state index contributed by atoms with van der Waals surface area (Å²) >= 11 is 3.49. The second kappa shape index (κ2) is 7.77. The minimum Gasteiger partial charge on any atom is -0.309 e. The highest BCUT2D eigenvalue weighted by molar-refractivity contribution is 9.09. The van der Waals surface area contributed by atoms with E-state index < -0.39 is 0 Å². The van der Waals surface area contributed by atoms with Crippen LogP contribution in [0.3, 0.4) is 0 Å². The first-order chi connectivity index (χ1) is 6.07. The molecule has 0 fully saturated rings. The van der Waals surface area contributed by atoms with Crippen molar-refractivity contribution in [3.05, 3.63) is 0 Å². The molecule has 0 aliphatic heterocycles. The number of alkyl halides is 1. The van der Waals surface area contributed by atoms with Crippen molar-refractivity contribution in [1.82, 2.24) is 9.80 Å². The summed E-state index contributed by atoms with van der Waals surface area (Å²) in [5, 5.41) is 1.08. The molecule has 0 aromatic heterocycles. The number of hydrogen-bond donors (Lipinski definition) is 0. The van der Waals surface area contributed by atoms with Crippen LogP contribution >= 0.6 is 15.9 Å². The summed E-state index contributed by atoms with van der Waals surface area (Å²) in [4.78, 5) is 4.75. The fourth-order valence-electron chi connectivity index (χ4n) is 1.33. The zero-order valence-corrected chi connectivity index (χ0v) is 11.0. The number of rotatable bonds is 7. The van der Waals surface area contributed by atoms with Gasteiger partial charge in [0.05, 0.1) is 0 Å². The lowest BCUT2D eigenvalue weighted by molar-refractivity contribution is 0.223. The summed E-state index contributed by atoms with van der Waals surface area (Å²) < 4.78 is 0. The Hall–Kier alpha value is 0.400. The molecular weight excluding hydrogens is 228 g/mol. The Bertz CT molecular complexity index is 115. The molecule has 0 aromatic carbocycles. The zero-order valence-electron chi connectivity index (χ0n) is 9.39. The molecule has 80 valence electrons. The molecule has 0 radical (unpaired) electrons. The normalized spacial score (nSPS) is 12.0. The summed E-state index contributed by atoms with van der Waals surface area (Å²) in [6, 6.07) is 0.666. The van der Waals surface area contributed by atoms with Gasteiger partial charge in [-0.25, -0.2) is 0 Å². The van der Waals surface area contributed by atoms with Crippen molar-refractivity contribution < 1.29 is 0 Å². The maximum Gasteiger partial charge on any atom is 0.0159 e. The lowest BCUT2D eigenvalue weighted by Crippen LogP contribution is -2.34. The van der Waals surface area contributed by atoms with Crippen LogP contribution in [0.15, 0.2) is 0 Å². The Balaban J connectivity index is 3.57. The zero-order chi connectivity index (χ0) is 10.3. The van der Waals surface area contributed by atoms with Crippen molar-refractivity contribution in [1.29, 1.82) is 0 Å². The van der Waals surface area contributed by atoms with E-state index in [1.165, 1.54) is 19.5 Å². The van der Waals surface area contributed by atoms with Crippen LogP contribution in [0.5, 0.6) is 0 Å². The van der Waals surface area contributed by atoms with Gasteiger partial charge in [0, 0.05) is 17.9 Å². The molecule has 0 aliphatic rings. The molecule has 3 heteroatoms. The lowest BCUT2D eigenvalue weighted by Gasteiger charge is -2.26. The molecule has 0 rings (SSSR count). The Morgan fingerprint density at radius 3 is 2.08 bits per heavy atom. The van der Waals surface area contributed by atoms with Gasteiger partial charge < -0.3 is 9.80 Å². The van der Waals surface area contributed by atoms with Gasteiger partial charge in [-0.05, 0) is 47.5 Å². The van der Waals surface area contributed by atoms with E-state index in [2.05, 4.69) is 53.7 Å². The van der Waals surface area contributed by atoms with Gasteiger partial charge in [0.1, 0.15) is 0 Å². The molecule has 2 nitrogen and oxygen atoms in total. The van der Waals surface area contributed by atoms with Crippen LogP contribution in [0.25, 0.3) is 0 Å². The third kappa shape index (κ3) is 7.47. The molecule has 0 bridgehead atoms. The van der Waals surface area contributed by atoms with Crippen molar-refractivity contribution in [2.75, 3.05) is 39.1 Å². The average Bonchev–Trinajstić information content (AvgIpc) is 2.02. The molecule has 0 aliphatic carbocycles. The fraction of sp³-hybridized carbons (Fsp3) is 1.00. The van der Waals surface area contributed by atoms with Crippen LogP contribution in [-0.4, -0.2) is 54.9 Å². The van der Waals surface area contributed by atoms with Gasteiger partial charge in [0.2, 0.25) is 0 Å². The van der Waals surface area contributed by atoms with Crippen LogP contribution in [0, 0.1) is 0 Å². The van der Waals surface area contributed by atoms with Crippen molar-refractivity contribution >= 4 is 15.9 Å². The van der Waals surface area contributed by atoms with E-state index in [4.69, 9.17) is 0 Å². The van der Waals surface area contributed by atoms with E-state index in [1.807, 2.05) is 0 Å². The summed E-state index contributed by atoms with van der Waals surface area (Å²) in [6.07, 6.45) is 1.26. The van der Waals surface area contributed by atoms with Crippen molar-refractivity contribution in [2.45, 2.75) is 26.3 Å². The smallest absolute Gasteiger partial charge is 0.0159 e. The summed E-state index contributed by atoms with van der Waals surface area (Å²) in [5.41, 5.74) is 0. The fourth-order valence-corrected chi connectivity index (χ4v) is 1.78. The molecule has 0 saturated carbocycles. The largest absolute Gasteiger partial charge is 0.309 e. The molecule has 0 amide bonds. The van der Waals surface area contributed by atoms with Gasteiger partial charge in [0.25, 0.3) is 0 Å². The second-order valence-corrected chi connectivity index (χ2v) is 4.77. The van der Waals surface area contributed by atoms with E-state index in [0.717, 1.165) is 11.9 Å². The molecule has 0 spiro atoms. The Kier molecular flexibility index (Phi) is 8.01. The van der Waals surface area contributed by atoms with Crippen molar-refractivity contribution in [2.24, 2.45) is 0 Å². The van der Waals surface area contributed by atoms with E-state index in [0.29, 0.717) is 6.04 Å². The van der Waals surface area contributed by atoms with Crippen molar-refractivity contribution in [3.63, 3.8) is 0 Å². The maximum absolute atomic E-state index is 3.49. The molecule has 0 heterocycles. The molecule has 0 atom stereocenters. The average molecular weight is 251 g/mol. The minimum absolute atomic E-state index is 0.666. The Morgan fingerprint density at radius 1 is 1.08 bits per heavy atom. The minimum atomic E-state index is 0.666. The Morgan fingerprint density at radius 2 is 1.69 bits per heavy atom. The predicted molar refractivity (Wildman–Crippen MR) is 63.7 cm³/mol. The first-order valence-corrected chi connectivity index (χ1v) is 6.14. The highest BCUT2D eigenvalue weighted by atomic mass is 79.9.